The minimum Gasteiger partial charge on any atom is -0.490 e. The maximum Gasteiger partial charge on any atom is 0.257 e. The number of benzene rings is 2. The molecule has 10 nitrogen and oxygen atoms in total. The molecule has 10 heteroatoms. The molecule has 0 bridgehead atoms. The summed E-state index contributed by atoms with van der Waals surface area (Å²) in [7, 11) is 1.75. The lowest BCUT2D eigenvalue weighted by Gasteiger charge is -2.42. The second-order valence-electron chi connectivity index (χ2n) is 9.46. The molecule has 3 aliphatic heterocycles. The molecule has 0 spiro atoms. The van der Waals surface area contributed by atoms with E-state index in [1.54, 1.807) is 48.3 Å². The minimum absolute atomic E-state index is 0.0258. The van der Waals surface area contributed by atoms with Crippen LogP contribution in [0.1, 0.15) is 53.3 Å². The molecular weight excluding hydrogens is 478 g/mol. The van der Waals surface area contributed by atoms with E-state index < -0.39 is 0 Å². The van der Waals surface area contributed by atoms with Crippen LogP contribution >= 0.6 is 0 Å². The van der Waals surface area contributed by atoms with Gasteiger partial charge < -0.3 is 34.5 Å². The standard InChI is InChI=1S/C27H31N3O7/c1-3-10-28-25(31)13-18-6-7-20-24(37-18)14-34-21-9-5-17(12-19(21)27(33)30(20)2)29-26(32)16-4-8-22-23(11-16)36-15-35-22/h4-5,8-9,11-12,18,20,24H,3,6-7,10,13-15H2,1-2H3,(H,28,31)(H,29,32)/t18-,20+,24+/m1/s1. The van der Waals surface area contributed by atoms with Gasteiger partial charge in [-0.3, -0.25) is 14.4 Å². The summed E-state index contributed by atoms with van der Waals surface area (Å²) in [6.07, 6.45) is 2.01. The van der Waals surface area contributed by atoms with Gasteiger partial charge in [0.2, 0.25) is 12.7 Å². The smallest absolute Gasteiger partial charge is 0.257 e. The summed E-state index contributed by atoms with van der Waals surface area (Å²) in [4.78, 5) is 40.1. The third-order valence-corrected chi connectivity index (χ3v) is 6.89. The number of hydrogen-bond donors (Lipinski definition) is 2. The maximum absolute atomic E-state index is 13.4. The summed E-state index contributed by atoms with van der Waals surface area (Å²) in [6, 6.07) is 9.79. The molecule has 5 rings (SSSR count). The number of rotatable bonds is 6. The number of fused-ring (bicyclic) bond motifs is 3. The highest BCUT2D eigenvalue weighted by atomic mass is 16.7. The van der Waals surface area contributed by atoms with Gasteiger partial charge in [0.05, 0.1) is 24.1 Å². The van der Waals surface area contributed by atoms with Gasteiger partial charge in [-0.25, -0.2) is 0 Å². The summed E-state index contributed by atoms with van der Waals surface area (Å²) in [5, 5.41) is 5.73. The SMILES string of the molecule is CCCNC(=O)C[C@H]1CC[C@H]2[C@H](COc3ccc(NC(=O)c4ccc5c(c4)OCO5)cc3C(=O)N2C)O1. The van der Waals surface area contributed by atoms with Gasteiger partial charge >= 0.3 is 0 Å². The Morgan fingerprint density at radius 2 is 1.84 bits per heavy atom. The van der Waals surface area contributed by atoms with Crippen molar-refractivity contribution in [3.63, 3.8) is 0 Å². The minimum atomic E-state index is -0.342. The van der Waals surface area contributed by atoms with Crippen molar-refractivity contribution in [2.24, 2.45) is 0 Å². The predicted molar refractivity (Wildman–Crippen MR) is 134 cm³/mol. The average Bonchev–Trinajstić information content (AvgIpc) is 3.38. The van der Waals surface area contributed by atoms with E-state index in [-0.39, 0.29) is 49.4 Å². The molecule has 3 heterocycles. The zero-order chi connectivity index (χ0) is 25.9. The van der Waals surface area contributed by atoms with Crippen molar-refractivity contribution >= 4 is 23.4 Å². The van der Waals surface area contributed by atoms with E-state index in [9.17, 15) is 14.4 Å². The number of anilines is 1. The first-order valence-electron chi connectivity index (χ1n) is 12.6. The molecule has 196 valence electrons. The summed E-state index contributed by atoms with van der Waals surface area (Å²) < 4.78 is 22.9. The topological polar surface area (TPSA) is 115 Å². The third kappa shape index (κ3) is 5.34. The number of hydrogen-bond acceptors (Lipinski definition) is 7. The molecule has 0 aromatic heterocycles. The first kappa shape index (κ1) is 24.9. The van der Waals surface area contributed by atoms with Crippen LogP contribution in [0.15, 0.2) is 36.4 Å². The van der Waals surface area contributed by atoms with E-state index in [0.29, 0.717) is 59.9 Å². The van der Waals surface area contributed by atoms with Crippen LogP contribution in [0.3, 0.4) is 0 Å². The van der Waals surface area contributed by atoms with Gasteiger partial charge in [0, 0.05) is 24.8 Å². The lowest BCUT2D eigenvalue weighted by atomic mass is 9.94. The quantitative estimate of drug-likeness (QED) is 0.615. The molecule has 37 heavy (non-hydrogen) atoms. The molecule has 0 aliphatic carbocycles. The highest BCUT2D eigenvalue weighted by Crippen LogP contribution is 2.34. The summed E-state index contributed by atoms with van der Waals surface area (Å²) >= 11 is 0. The summed E-state index contributed by atoms with van der Waals surface area (Å²) in [5.41, 5.74) is 1.25. The van der Waals surface area contributed by atoms with Crippen LogP contribution < -0.4 is 24.8 Å². The summed E-state index contributed by atoms with van der Waals surface area (Å²) in [5.74, 6) is 0.959. The van der Waals surface area contributed by atoms with Crippen LogP contribution in [0.2, 0.25) is 0 Å². The maximum atomic E-state index is 13.4. The summed E-state index contributed by atoms with van der Waals surface area (Å²) in [6.45, 7) is 3.04. The zero-order valence-electron chi connectivity index (χ0n) is 21.0. The molecule has 1 saturated heterocycles. The van der Waals surface area contributed by atoms with E-state index in [2.05, 4.69) is 10.6 Å². The molecule has 3 amide bonds. The molecule has 3 atom stereocenters. The molecule has 0 radical (unpaired) electrons. The van der Waals surface area contributed by atoms with Gasteiger partial charge in [-0.2, -0.15) is 0 Å². The molecule has 1 fully saturated rings. The van der Waals surface area contributed by atoms with Crippen molar-refractivity contribution in [3.8, 4) is 17.2 Å². The Morgan fingerprint density at radius 3 is 2.68 bits per heavy atom. The number of nitrogens with zero attached hydrogens (tertiary/aromatic N) is 1. The van der Waals surface area contributed by atoms with Crippen molar-refractivity contribution in [3.05, 3.63) is 47.5 Å². The van der Waals surface area contributed by atoms with Crippen LogP contribution in [-0.4, -0.2) is 67.9 Å². The van der Waals surface area contributed by atoms with Crippen LogP contribution in [0.4, 0.5) is 5.69 Å². The van der Waals surface area contributed by atoms with Gasteiger partial charge in [0.15, 0.2) is 11.5 Å². The van der Waals surface area contributed by atoms with Crippen molar-refractivity contribution in [1.82, 2.24) is 10.2 Å². The number of carbonyl (C=O) groups excluding carboxylic acids is 3. The molecule has 2 aromatic carbocycles. The van der Waals surface area contributed by atoms with E-state index in [1.807, 2.05) is 6.92 Å². The van der Waals surface area contributed by atoms with Crippen molar-refractivity contribution in [1.29, 1.82) is 0 Å². The first-order valence-corrected chi connectivity index (χ1v) is 12.6. The fraction of sp³-hybridized carbons (Fsp3) is 0.444. The Kier molecular flexibility index (Phi) is 7.18. The Balaban J connectivity index is 1.28. The Hall–Kier alpha value is -3.79. The van der Waals surface area contributed by atoms with Gasteiger partial charge in [-0.1, -0.05) is 6.92 Å². The van der Waals surface area contributed by atoms with Crippen molar-refractivity contribution in [2.75, 3.05) is 32.3 Å². The Labute approximate surface area is 215 Å². The monoisotopic (exact) mass is 509 g/mol. The van der Waals surface area contributed by atoms with Gasteiger partial charge in [0.25, 0.3) is 11.8 Å². The van der Waals surface area contributed by atoms with Crippen molar-refractivity contribution in [2.45, 2.75) is 50.9 Å². The molecule has 0 saturated carbocycles. The number of amides is 3. The zero-order valence-corrected chi connectivity index (χ0v) is 21.0. The van der Waals surface area contributed by atoms with Crippen LogP contribution in [0, 0.1) is 0 Å². The van der Waals surface area contributed by atoms with E-state index >= 15 is 0 Å². The van der Waals surface area contributed by atoms with E-state index in [1.165, 1.54) is 0 Å². The number of ether oxygens (including phenoxy) is 4. The van der Waals surface area contributed by atoms with Crippen LogP contribution in [-0.2, 0) is 9.53 Å². The highest BCUT2D eigenvalue weighted by molar-refractivity contribution is 6.06. The van der Waals surface area contributed by atoms with E-state index in [0.717, 1.165) is 6.42 Å². The molecule has 2 aromatic rings. The fourth-order valence-electron chi connectivity index (χ4n) is 4.89. The van der Waals surface area contributed by atoms with Crippen LogP contribution in [0.25, 0.3) is 0 Å². The second kappa shape index (κ2) is 10.7. The lowest BCUT2D eigenvalue weighted by molar-refractivity contribution is -0.134. The van der Waals surface area contributed by atoms with Crippen molar-refractivity contribution < 1.29 is 33.3 Å². The fourth-order valence-corrected chi connectivity index (χ4v) is 4.89. The molecule has 3 aliphatic rings. The molecule has 2 N–H and O–H groups in total. The third-order valence-electron chi connectivity index (χ3n) is 6.89. The Morgan fingerprint density at radius 1 is 1.03 bits per heavy atom. The number of likely N-dealkylation sites (N-methyl/N-ethyl adjacent to an activating group) is 1. The van der Waals surface area contributed by atoms with Gasteiger partial charge in [-0.05, 0) is 55.7 Å². The largest absolute Gasteiger partial charge is 0.490 e. The number of nitrogens with one attached hydrogen (secondary N) is 2. The lowest BCUT2D eigenvalue weighted by Crippen LogP contribution is -2.54. The first-order chi connectivity index (χ1) is 17.9. The predicted octanol–water partition coefficient (Wildman–Crippen LogP) is 2.96. The van der Waals surface area contributed by atoms with Gasteiger partial charge in [-0.15, -0.1) is 0 Å². The number of carbonyl (C=O) groups is 3. The van der Waals surface area contributed by atoms with Gasteiger partial charge in [0.1, 0.15) is 18.5 Å². The second-order valence-corrected chi connectivity index (χ2v) is 9.46. The molecule has 0 unspecified atom stereocenters. The Bertz CT molecular complexity index is 1200. The molecular formula is C27H31N3O7. The van der Waals surface area contributed by atoms with Crippen LogP contribution in [0.5, 0.6) is 17.2 Å². The highest BCUT2D eigenvalue weighted by Gasteiger charge is 2.39. The average molecular weight is 510 g/mol. The van der Waals surface area contributed by atoms with E-state index in [4.69, 9.17) is 18.9 Å². The normalized spacial score (nSPS) is 22.2.